The van der Waals surface area contributed by atoms with E-state index in [1.165, 1.54) is 4.57 Å². The number of hydrogen-bond donors (Lipinski definition) is 2. The number of allylic oxidation sites excluding steroid dienone is 1. The molecule has 140 valence electrons. The fourth-order valence-electron chi connectivity index (χ4n) is 2.71. The molecule has 2 aromatic heterocycles. The van der Waals surface area contributed by atoms with E-state index in [1.807, 2.05) is 42.5 Å². The third-order valence-electron chi connectivity index (χ3n) is 4.16. The number of benzene rings is 1. The second kappa shape index (κ2) is 8.31. The highest BCUT2D eigenvalue weighted by atomic mass is 16.2. The van der Waals surface area contributed by atoms with E-state index < -0.39 is 11.2 Å². The zero-order valence-corrected chi connectivity index (χ0v) is 15.3. The third-order valence-corrected chi connectivity index (χ3v) is 4.16. The normalized spacial score (nSPS) is 11.8. The van der Waals surface area contributed by atoms with Crippen molar-refractivity contribution < 1.29 is 0 Å². The van der Waals surface area contributed by atoms with Crippen molar-refractivity contribution in [3.63, 3.8) is 0 Å². The molecule has 0 radical (unpaired) electrons. The van der Waals surface area contributed by atoms with Crippen LogP contribution in [0.15, 0.2) is 51.1 Å². The van der Waals surface area contributed by atoms with Crippen molar-refractivity contribution in [2.45, 2.75) is 26.3 Å². The second-order valence-electron chi connectivity index (χ2n) is 6.09. The molecular formula is C19H22N6O2. The highest BCUT2D eigenvalue weighted by Crippen LogP contribution is 2.16. The number of aromatic nitrogens is 4. The van der Waals surface area contributed by atoms with Crippen LogP contribution in [0.1, 0.15) is 25.3 Å². The Morgan fingerprint density at radius 3 is 2.78 bits per heavy atom. The van der Waals surface area contributed by atoms with Crippen LogP contribution in [0.25, 0.3) is 17.2 Å². The summed E-state index contributed by atoms with van der Waals surface area (Å²) in [7, 11) is 1.58. The van der Waals surface area contributed by atoms with Gasteiger partial charge in [0, 0.05) is 19.8 Å². The van der Waals surface area contributed by atoms with Gasteiger partial charge >= 0.3 is 5.69 Å². The average Bonchev–Trinajstić information content (AvgIpc) is 3.04. The first kappa shape index (κ1) is 18.4. The predicted octanol–water partition coefficient (Wildman–Crippen LogP) is 2.33. The van der Waals surface area contributed by atoms with Crippen molar-refractivity contribution in [2.75, 3.05) is 5.43 Å². The van der Waals surface area contributed by atoms with E-state index in [2.05, 4.69) is 27.4 Å². The summed E-state index contributed by atoms with van der Waals surface area (Å²) < 4.78 is 3.08. The van der Waals surface area contributed by atoms with Crippen LogP contribution < -0.4 is 16.7 Å². The van der Waals surface area contributed by atoms with E-state index >= 15 is 0 Å². The van der Waals surface area contributed by atoms with Gasteiger partial charge < -0.3 is 4.57 Å². The summed E-state index contributed by atoms with van der Waals surface area (Å²) in [5.74, 6) is 0.425. The highest BCUT2D eigenvalue weighted by Gasteiger charge is 2.16. The van der Waals surface area contributed by atoms with Crippen molar-refractivity contribution in [3.05, 3.63) is 62.8 Å². The molecule has 3 rings (SSSR count). The van der Waals surface area contributed by atoms with Crippen LogP contribution in [0.2, 0.25) is 0 Å². The van der Waals surface area contributed by atoms with Crippen LogP contribution >= 0.6 is 0 Å². The maximum Gasteiger partial charge on any atom is 0.329 e. The number of nitrogens with zero attached hydrogens (tertiary/aromatic N) is 4. The predicted molar refractivity (Wildman–Crippen MR) is 108 cm³/mol. The number of hydrazone groups is 1. The minimum atomic E-state index is -0.492. The van der Waals surface area contributed by atoms with Crippen molar-refractivity contribution in [2.24, 2.45) is 12.1 Å². The smallest absolute Gasteiger partial charge is 0.303 e. The van der Waals surface area contributed by atoms with Crippen LogP contribution in [0, 0.1) is 0 Å². The molecule has 0 fully saturated rings. The first-order valence-electron chi connectivity index (χ1n) is 8.82. The topological polar surface area (TPSA) is 97.1 Å². The molecule has 0 unspecified atom stereocenters. The molecule has 0 aliphatic carbocycles. The van der Waals surface area contributed by atoms with Crippen molar-refractivity contribution in [1.29, 1.82) is 0 Å². The number of unbranched alkanes of at least 4 members (excludes halogenated alkanes) is 1. The van der Waals surface area contributed by atoms with E-state index in [0.29, 0.717) is 23.7 Å². The number of rotatable bonds is 7. The van der Waals surface area contributed by atoms with Gasteiger partial charge in [-0.15, -0.1) is 0 Å². The SMILES string of the molecule is CCCCn1c(NN=CC=Cc2ccccc2)nc2c1c(=O)[nH]c(=O)n2C. The number of aryl methyl sites for hydroxylation is 2. The summed E-state index contributed by atoms with van der Waals surface area (Å²) in [5, 5.41) is 4.16. The quantitative estimate of drug-likeness (QED) is 0.495. The number of aromatic amines is 1. The fraction of sp³-hybridized carbons (Fsp3) is 0.263. The summed E-state index contributed by atoms with van der Waals surface area (Å²) in [4.78, 5) is 30.8. The van der Waals surface area contributed by atoms with Gasteiger partial charge in [-0.3, -0.25) is 14.3 Å². The Hall–Kier alpha value is -3.42. The van der Waals surface area contributed by atoms with Crippen LogP contribution in [-0.2, 0) is 13.6 Å². The molecule has 8 heteroatoms. The molecule has 0 bridgehead atoms. The average molecular weight is 366 g/mol. The lowest BCUT2D eigenvalue weighted by Crippen LogP contribution is -2.29. The fourth-order valence-corrected chi connectivity index (χ4v) is 2.71. The zero-order chi connectivity index (χ0) is 19.2. The molecule has 2 heterocycles. The molecular weight excluding hydrogens is 344 g/mol. The maximum absolute atomic E-state index is 12.3. The van der Waals surface area contributed by atoms with Gasteiger partial charge in [0.1, 0.15) is 0 Å². The Balaban J connectivity index is 1.89. The van der Waals surface area contributed by atoms with E-state index in [9.17, 15) is 9.59 Å². The molecule has 0 saturated carbocycles. The van der Waals surface area contributed by atoms with E-state index in [1.54, 1.807) is 17.8 Å². The molecule has 0 aliphatic rings. The van der Waals surface area contributed by atoms with Gasteiger partial charge in [-0.25, -0.2) is 10.2 Å². The minimum Gasteiger partial charge on any atom is -0.303 e. The standard InChI is InChI=1S/C19H22N6O2/c1-3-4-13-25-15-16(24(2)19(27)22-17(15)26)21-18(25)23-20-12-8-11-14-9-6-5-7-10-14/h5-12H,3-4,13H2,1-2H3,(H,21,23)(H,22,26,27). The van der Waals surface area contributed by atoms with Crippen LogP contribution in [0.5, 0.6) is 0 Å². The monoisotopic (exact) mass is 366 g/mol. The van der Waals surface area contributed by atoms with Gasteiger partial charge in [-0.1, -0.05) is 49.8 Å². The Morgan fingerprint density at radius 1 is 1.26 bits per heavy atom. The third kappa shape index (κ3) is 4.05. The molecule has 2 N–H and O–H groups in total. The largest absolute Gasteiger partial charge is 0.329 e. The van der Waals surface area contributed by atoms with Gasteiger partial charge in [-0.2, -0.15) is 10.1 Å². The van der Waals surface area contributed by atoms with Crippen LogP contribution in [-0.4, -0.2) is 25.3 Å². The number of H-pyrrole nitrogens is 1. The lowest BCUT2D eigenvalue weighted by atomic mass is 10.2. The molecule has 27 heavy (non-hydrogen) atoms. The summed E-state index contributed by atoms with van der Waals surface area (Å²) in [6.45, 7) is 2.67. The maximum atomic E-state index is 12.3. The molecule has 0 amide bonds. The number of hydrogen-bond acceptors (Lipinski definition) is 5. The summed E-state index contributed by atoms with van der Waals surface area (Å²) in [5.41, 5.74) is 3.70. The van der Waals surface area contributed by atoms with Gasteiger partial charge in [0.05, 0.1) is 0 Å². The van der Waals surface area contributed by atoms with Gasteiger partial charge in [0.2, 0.25) is 5.95 Å². The summed E-state index contributed by atoms with van der Waals surface area (Å²) in [6, 6.07) is 9.88. The van der Waals surface area contributed by atoms with E-state index in [4.69, 9.17) is 0 Å². The number of imidazole rings is 1. The molecule has 0 atom stereocenters. The van der Waals surface area contributed by atoms with Crippen LogP contribution in [0.4, 0.5) is 5.95 Å². The molecule has 8 nitrogen and oxygen atoms in total. The van der Waals surface area contributed by atoms with Crippen molar-refractivity contribution >= 4 is 29.4 Å². The number of anilines is 1. The first-order valence-corrected chi connectivity index (χ1v) is 8.82. The lowest BCUT2D eigenvalue weighted by molar-refractivity contribution is 0.647. The first-order chi connectivity index (χ1) is 13.1. The minimum absolute atomic E-state index is 0.331. The van der Waals surface area contributed by atoms with E-state index in [0.717, 1.165) is 18.4 Å². The Kier molecular flexibility index (Phi) is 5.65. The van der Waals surface area contributed by atoms with Crippen LogP contribution in [0.3, 0.4) is 0 Å². The second-order valence-corrected chi connectivity index (χ2v) is 6.09. The lowest BCUT2D eigenvalue weighted by Gasteiger charge is -2.06. The molecule has 0 spiro atoms. The van der Waals surface area contributed by atoms with Gasteiger partial charge in [0.15, 0.2) is 11.2 Å². The summed E-state index contributed by atoms with van der Waals surface area (Å²) in [6.07, 6.45) is 7.19. The molecule has 0 aliphatic heterocycles. The van der Waals surface area contributed by atoms with E-state index in [-0.39, 0.29) is 0 Å². The molecule has 3 aromatic rings. The molecule has 0 saturated heterocycles. The van der Waals surface area contributed by atoms with Gasteiger partial charge in [0.25, 0.3) is 5.56 Å². The Bertz CT molecular complexity index is 1090. The van der Waals surface area contributed by atoms with Gasteiger partial charge in [-0.05, 0) is 18.1 Å². The molecule has 1 aromatic carbocycles. The zero-order valence-electron chi connectivity index (χ0n) is 15.3. The summed E-state index contributed by atoms with van der Waals surface area (Å²) >= 11 is 0. The van der Waals surface area contributed by atoms with Crippen molar-refractivity contribution in [3.8, 4) is 0 Å². The Morgan fingerprint density at radius 2 is 2.04 bits per heavy atom. The number of fused-ring (bicyclic) bond motifs is 1. The Labute approximate surface area is 155 Å². The number of nitrogens with one attached hydrogen (secondary N) is 2. The highest BCUT2D eigenvalue weighted by molar-refractivity contribution is 5.79. The van der Waals surface area contributed by atoms with Crippen molar-refractivity contribution in [1.82, 2.24) is 19.1 Å².